The van der Waals surface area contributed by atoms with E-state index >= 15 is 0 Å². The van der Waals surface area contributed by atoms with Crippen LogP contribution in [0.1, 0.15) is 26.3 Å². The molecule has 0 radical (unpaired) electrons. The maximum atomic E-state index is 11.9. The van der Waals surface area contributed by atoms with Crippen molar-refractivity contribution in [1.82, 2.24) is 5.32 Å². The molecule has 1 aromatic rings. The molecule has 1 rings (SSSR count). The van der Waals surface area contributed by atoms with Gasteiger partial charge in [0, 0.05) is 4.47 Å². The standard InChI is InChI=1S/C16H20BrNO5/c1-16(2,3)23-15(20)18-13(14(19)22-5)8-10-6-7-11(21-4)9-12(10)17/h6-9H,1-5H3,(H,18,20)/b13-8-. The van der Waals surface area contributed by atoms with Crippen LogP contribution in [0, 0.1) is 0 Å². The number of halogens is 1. The van der Waals surface area contributed by atoms with E-state index in [1.165, 1.54) is 13.2 Å². The zero-order valence-corrected chi connectivity index (χ0v) is 15.3. The lowest BCUT2D eigenvalue weighted by Gasteiger charge is -2.20. The summed E-state index contributed by atoms with van der Waals surface area (Å²) in [4.78, 5) is 23.7. The molecule has 0 unspecified atom stereocenters. The number of hydrogen-bond donors (Lipinski definition) is 1. The summed E-state index contributed by atoms with van der Waals surface area (Å²) in [6, 6.07) is 5.22. The van der Waals surface area contributed by atoms with Gasteiger partial charge in [-0.25, -0.2) is 9.59 Å². The largest absolute Gasteiger partial charge is 0.497 e. The van der Waals surface area contributed by atoms with Crippen LogP contribution in [0.2, 0.25) is 0 Å². The minimum atomic E-state index is -0.737. The zero-order chi connectivity index (χ0) is 17.6. The number of esters is 1. The predicted molar refractivity (Wildman–Crippen MR) is 90.1 cm³/mol. The molecule has 0 aromatic heterocycles. The van der Waals surface area contributed by atoms with Gasteiger partial charge in [-0.3, -0.25) is 5.32 Å². The summed E-state index contributed by atoms with van der Waals surface area (Å²) in [5.74, 6) is -0.0210. The second-order valence-electron chi connectivity index (χ2n) is 5.56. The third-order valence-electron chi connectivity index (χ3n) is 2.55. The molecule has 23 heavy (non-hydrogen) atoms. The molecule has 1 amide bonds. The van der Waals surface area contributed by atoms with Crippen molar-refractivity contribution in [2.45, 2.75) is 26.4 Å². The van der Waals surface area contributed by atoms with Crippen molar-refractivity contribution in [3.63, 3.8) is 0 Å². The number of carbonyl (C=O) groups is 2. The first-order valence-electron chi connectivity index (χ1n) is 6.80. The summed E-state index contributed by atoms with van der Waals surface area (Å²) in [5, 5.41) is 2.40. The Labute approximate surface area is 143 Å². The summed E-state index contributed by atoms with van der Waals surface area (Å²) >= 11 is 3.38. The molecule has 0 saturated heterocycles. The van der Waals surface area contributed by atoms with Crippen molar-refractivity contribution in [2.75, 3.05) is 14.2 Å². The van der Waals surface area contributed by atoms with Crippen LogP contribution in [-0.4, -0.2) is 31.9 Å². The molecule has 126 valence electrons. The first-order valence-corrected chi connectivity index (χ1v) is 7.59. The molecule has 0 heterocycles. The summed E-state index contributed by atoms with van der Waals surface area (Å²) < 4.78 is 15.6. The highest BCUT2D eigenvalue weighted by molar-refractivity contribution is 9.10. The van der Waals surface area contributed by atoms with Crippen molar-refractivity contribution >= 4 is 34.1 Å². The van der Waals surface area contributed by atoms with Crippen molar-refractivity contribution in [3.8, 4) is 5.75 Å². The fourth-order valence-electron chi connectivity index (χ4n) is 1.58. The molecule has 0 aliphatic rings. The maximum Gasteiger partial charge on any atom is 0.412 e. The van der Waals surface area contributed by atoms with Crippen molar-refractivity contribution in [2.24, 2.45) is 0 Å². The summed E-state index contributed by atoms with van der Waals surface area (Å²) in [6.45, 7) is 5.19. The van der Waals surface area contributed by atoms with Crippen molar-refractivity contribution < 1.29 is 23.8 Å². The molecule has 0 fully saturated rings. The second-order valence-corrected chi connectivity index (χ2v) is 6.42. The molecule has 1 N–H and O–H groups in total. The van der Waals surface area contributed by atoms with E-state index in [1.54, 1.807) is 46.1 Å². The van der Waals surface area contributed by atoms with Gasteiger partial charge in [0.15, 0.2) is 0 Å². The van der Waals surface area contributed by atoms with E-state index in [-0.39, 0.29) is 5.70 Å². The van der Waals surface area contributed by atoms with E-state index < -0.39 is 17.7 Å². The Bertz CT molecular complexity index is 619. The van der Waals surface area contributed by atoms with E-state index in [2.05, 4.69) is 26.0 Å². The molecule has 0 bridgehead atoms. The molecule has 0 aliphatic carbocycles. The van der Waals surface area contributed by atoms with Crippen LogP contribution >= 0.6 is 15.9 Å². The van der Waals surface area contributed by atoms with Crippen molar-refractivity contribution in [3.05, 3.63) is 33.9 Å². The Morgan fingerprint density at radius 3 is 2.35 bits per heavy atom. The third kappa shape index (κ3) is 6.32. The Kier molecular flexibility index (Phi) is 6.62. The molecular weight excluding hydrogens is 366 g/mol. The molecule has 0 spiro atoms. The smallest absolute Gasteiger partial charge is 0.412 e. The van der Waals surface area contributed by atoms with Gasteiger partial charge in [0.1, 0.15) is 17.0 Å². The highest BCUT2D eigenvalue weighted by Gasteiger charge is 2.20. The first kappa shape index (κ1) is 19.0. The average molecular weight is 386 g/mol. The minimum absolute atomic E-state index is 0.0346. The lowest BCUT2D eigenvalue weighted by atomic mass is 10.2. The van der Waals surface area contributed by atoms with Crippen LogP contribution < -0.4 is 10.1 Å². The van der Waals surface area contributed by atoms with E-state index in [4.69, 9.17) is 9.47 Å². The van der Waals surface area contributed by atoms with E-state index in [1.807, 2.05) is 0 Å². The van der Waals surface area contributed by atoms with Crippen LogP contribution in [0.3, 0.4) is 0 Å². The number of methoxy groups -OCH3 is 2. The molecule has 0 saturated carbocycles. The second kappa shape index (κ2) is 8.01. The highest BCUT2D eigenvalue weighted by Crippen LogP contribution is 2.24. The lowest BCUT2D eigenvalue weighted by molar-refractivity contribution is -0.136. The summed E-state index contributed by atoms with van der Waals surface area (Å²) in [7, 11) is 2.79. The Morgan fingerprint density at radius 1 is 1.22 bits per heavy atom. The van der Waals surface area contributed by atoms with Gasteiger partial charge >= 0.3 is 12.1 Å². The topological polar surface area (TPSA) is 73.9 Å². The molecule has 0 aliphatic heterocycles. The normalized spacial score (nSPS) is 11.7. The van der Waals surface area contributed by atoms with E-state index in [0.717, 1.165) is 0 Å². The predicted octanol–water partition coefficient (Wildman–Crippen LogP) is 3.50. The molecule has 0 atom stereocenters. The fourth-order valence-corrected chi connectivity index (χ4v) is 2.05. The van der Waals surface area contributed by atoms with E-state index in [9.17, 15) is 9.59 Å². The molecular formula is C16H20BrNO5. The van der Waals surface area contributed by atoms with Gasteiger partial charge in [0.25, 0.3) is 0 Å². The number of benzene rings is 1. The van der Waals surface area contributed by atoms with Gasteiger partial charge in [-0.1, -0.05) is 22.0 Å². The van der Waals surface area contributed by atoms with Crippen LogP contribution in [0.25, 0.3) is 6.08 Å². The summed E-state index contributed by atoms with van der Waals surface area (Å²) in [5.41, 5.74) is -0.0405. The highest BCUT2D eigenvalue weighted by atomic mass is 79.9. The summed E-state index contributed by atoms with van der Waals surface area (Å²) in [6.07, 6.45) is 0.748. The number of hydrogen-bond acceptors (Lipinski definition) is 5. The maximum absolute atomic E-state index is 11.9. The number of nitrogens with one attached hydrogen (secondary N) is 1. The molecule has 6 nitrogen and oxygen atoms in total. The van der Waals surface area contributed by atoms with Crippen LogP contribution in [0.4, 0.5) is 4.79 Å². The van der Waals surface area contributed by atoms with Gasteiger partial charge < -0.3 is 14.2 Å². The molecule has 1 aromatic carbocycles. The SMILES string of the molecule is COC(=O)/C(=C/c1ccc(OC)cc1Br)NC(=O)OC(C)(C)C. The number of amides is 1. The van der Waals surface area contributed by atoms with Crippen LogP contribution in [-0.2, 0) is 14.3 Å². The van der Waals surface area contributed by atoms with Gasteiger partial charge in [-0.05, 0) is 44.5 Å². The van der Waals surface area contributed by atoms with Crippen molar-refractivity contribution in [1.29, 1.82) is 0 Å². The quantitative estimate of drug-likeness (QED) is 0.634. The number of rotatable bonds is 4. The number of alkyl carbamates (subject to hydrolysis) is 1. The van der Waals surface area contributed by atoms with Gasteiger partial charge in [0.2, 0.25) is 0 Å². The number of ether oxygens (including phenoxy) is 3. The van der Waals surface area contributed by atoms with Gasteiger partial charge in [-0.2, -0.15) is 0 Å². The fraction of sp³-hybridized carbons (Fsp3) is 0.375. The zero-order valence-electron chi connectivity index (χ0n) is 13.7. The first-order chi connectivity index (χ1) is 10.7. The van der Waals surface area contributed by atoms with Gasteiger partial charge in [0.05, 0.1) is 14.2 Å². The number of carbonyl (C=O) groups excluding carboxylic acids is 2. The Balaban J connectivity index is 3.07. The lowest BCUT2D eigenvalue weighted by Crippen LogP contribution is -2.34. The monoisotopic (exact) mass is 385 g/mol. The van der Waals surface area contributed by atoms with Gasteiger partial charge in [-0.15, -0.1) is 0 Å². The third-order valence-corrected chi connectivity index (χ3v) is 3.24. The Morgan fingerprint density at radius 2 is 1.87 bits per heavy atom. The van der Waals surface area contributed by atoms with Crippen LogP contribution in [0.5, 0.6) is 5.75 Å². The Hall–Kier alpha value is -2.02. The minimum Gasteiger partial charge on any atom is -0.497 e. The van der Waals surface area contributed by atoms with Crippen LogP contribution in [0.15, 0.2) is 28.4 Å². The molecule has 7 heteroatoms. The van der Waals surface area contributed by atoms with E-state index in [0.29, 0.717) is 15.8 Å². The average Bonchev–Trinajstić information content (AvgIpc) is 2.45.